The van der Waals surface area contributed by atoms with E-state index in [9.17, 15) is 4.39 Å². The molecule has 0 radical (unpaired) electrons. The fourth-order valence-electron chi connectivity index (χ4n) is 2.40. The number of anilines is 1. The molecule has 0 aliphatic rings. The van der Waals surface area contributed by atoms with Crippen molar-refractivity contribution in [1.29, 1.82) is 0 Å². The van der Waals surface area contributed by atoms with Crippen LogP contribution in [0, 0.1) is 5.82 Å². The molecule has 21 heavy (non-hydrogen) atoms. The van der Waals surface area contributed by atoms with Crippen molar-refractivity contribution in [3.63, 3.8) is 0 Å². The Morgan fingerprint density at radius 2 is 1.71 bits per heavy atom. The van der Waals surface area contributed by atoms with Crippen molar-refractivity contribution in [2.75, 3.05) is 5.32 Å². The van der Waals surface area contributed by atoms with Gasteiger partial charge in [-0.05, 0) is 63.5 Å². The van der Waals surface area contributed by atoms with Gasteiger partial charge in [0.25, 0.3) is 0 Å². The van der Waals surface area contributed by atoms with E-state index in [2.05, 4.69) is 58.5 Å². The maximum atomic E-state index is 13.3. The molecule has 0 saturated carbocycles. The first-order valence-corrected chi connectivity index (χ1v) is 7.63. The molecule has 1 N–H and O–H groups in total. The predicted octanol–water partition coefficient (Wildman–Crippen LogP) is 5.91. The minimum atomic E-state index is -0.244. The van der Waals surface area contributed by atoms with E-state index in [0.717, 1.165) is 10.2 Å². The summed E-state index contributed by atoms with van der Waals surface area (Å²) in [7, 11) is 0. The summed E-state index contributed by atoms with van der Waals surface area (Å²) in [5.41, 5.74) is 1.93. The molecule has 3 aromatic rings. The Bertz CT molecular complexity index is 785. The molecule has 1 atom stereocenters. The normalized spacial score (nSPS) is 12.3. The third-order valence-corrected chi connectivity index (χ3v) is 4.27. The third kappa shape index (κ3) is 3.08. The first kappa shape index (κ1) is 14.1. The van der Waals surface area contributed by atoms with Gasteiger partial charge in [0, 0.05) is 10.5 Å². The Kier molecular flexibility index (Phi) is 3.93. The second-order valence-electron chi connectivity index (χ2n) is 5.10. The zero-order valence-corrected chi connectivity index (χ0v) is 13.2. The minimum Gasteiger partial charge on any atom is -0.378 e. The molecular weight excluding hydrogens is 329 g/mol. The lowest BCUT2D eigenvalue weighted by molar-refractivity contribution is 0.627. The number of nitrogens with one attached hydrogen (secondary N) is 1. The number of halogens is 2. The molecule has 3 heteroatoms. The van der Waals surface area contributed by atoms with E-state index in [1.165, 1.54) is 28.5 Å². The smallest absolute Gasteiger partial charge is 0.125 e. The maximum absolute atomic E-state index is 13.3. The highest BCUT2D eigenvalue weighted by molar-refractivity contribution is 9.10. The molecule has 106 valence electrons. The monoisotopic (exact) mass is 343 g/mol. The van der Waals surface area contributed by atoms with Gasteiger partial charge in [0.1, 0.15) is 5.82 Å². The van der Waals surface area contributed by atoms with E-state index in [0.29, 0.717) is 0 Å². The molecule has 0 saturated heterocycles. The van der Waals surface area contributed by atoms with Crippen molar-refractivity contribution in [3.8, 4) is 0 Å². The van der Waals surface area contributed by atoms with Gasteiger partial charge in [-0.3, -0.25) is 0 Å². The summed E-state index contributed by atoms with van der Waals surface area (Å²) in [5.74, 6) is -0.244. The Morgan fingerprint density at radius 3 is 2.52 bits per heavy atom. The highest BCUT2D eigenvalue weighted by atomic mass is 79.9. The van der Waals surface area contributed by atoms with Crippen molar-refractivity contribution in [2.24, 2.45) is 0 Å². The molecule has 0 amide bonds. The summed E-state index contributed by atoms with van der Waals surface area (Å²) in [6.07, 6.45) is 0. The van der Waals surface area contributed by atoms with E-state index in [4.69, 9.17) is 0 Å². The summed E-state index contributed by atoms with van der Waals surface area (Å²) in [6, 6.07) is 19.4. The van der Waals surface area contributed by atoms with Crippen LogP contribution in [0.2, 0.25) is 0 Å². The van der Waals surface area contributed by atoms with E-state index in [1.807, 2.05) is 12.1 Å². The molecule has 0 heterocycles. The predicted molar refractivity (Wildman–Crippen MR) is 90.1 cm³/mol. The van der Waals surface area contributed by atoms with Gasteiger partial charge < -0.3 is 5.32 Å². The van der Waals surface area contributed by atoms with Crippen molar-refractivity contribution >= 4 is 32.4 Å². The lowest BCUT2D eigenvalue weighted by atomic mass is 10.0. The molecule has 1 nitrogen and oxygen atoms in total. The van der Waals surface area contributed by atoms with Crippen LogP contribution in [0.15, 0.2) is 65.1 Å². The zero-order valence-electron chi connectivity index (χ0n) is 11.6. The topological polar surface area (TPSA) is 12.0 Å². The van der Waals surface area contributed by atoms with Crippen molar-refractivity contribution in [2.45, 2.75) is 13.0 Å². The first-order chi connectivity index (χ1) is 10.1. The fourth-order valence-corrected chi connectivity index (χ4v) is 2.76. The molecule has 0 fully saturated rings. The summed E-state index contributed by atoms with van der Waals surface area (Å²) >= 11 is 3.44. The molecular formula is C18H15BrFN. The maximum Gasteiger partial charge on any atom is 0.125 e. The van der Waals surface area contributed by atoms with Gasteiger partial charge in [-0.25, -0.2) is 4.39 Å². The average molecular weight is 344 g/mol. The second kappa shape index (κ2) is 5.86. The highest BCUT2D eigenvalue weighted by Gasteiger charge is 2.09. The van der Waals surface area contributed by atoms with Gasteiger partial charge in [0.2, 0.25) is 0 Å². The largest absolute Gasteiger partial charge is 0.378 e. The Hall–Kier alpha value is -1.87. The van der Waals surface area contributed by atoms with Crippen molar-refractivity contribution in [3.05, 3.63) is 76.5 Å². The third-order valence-electron chi connectivity index (χ3n) is 3.57. The van der Waals surface area contributed by atoms with Crippen LogP contribution in [-0.4, -0.2) is 0 Å². The van der Waals surface area contributed by atoms with Gasteiger partial charge >= 0.3 is 0 Å². The van der Waals surface area contributed by atoms with Crippen LogP contribution in [0.25, 0.3) is 10.8 Å². The minimum absolute atomic E-state index is 0.0905. The van der Waals surface area contributed by atoms with Gasteiger partial charge in [-0.1, -0.05) is 36.4 Å². The summed E-state index contributed by atoms with van der Waals surface area (Å²) < 4.78 is 14.2. The molecule has 1 unspecified atom stereocenters. The molecule has 0 aliphatic heterocycles. The number of fused-ring (bicyclic) bond motifs is 1. The van der Waals surface area contributed by atoms with Crippen LogP contribution in [0.1, 0.15) is 18.5 Å². The number of hydrogen-bond acceptors (Lipinski definition) is 1. The summed E-state index contributed by atoms with van der Waals surface area (Å²) in [4.78, 5) is 0. The van der Waals surface area contributed by atoms with Crippen LogP contribution in [0.3, 0.4) is 0 Å². The highest BCUT2D eigenvalue weighted by Crippen LogP contribution is 2.28. The molecule has 3 rings (SSSR count). The average Bonchev–Trinajstić information content (AvgIpc) is 2.50. The molecule has 3 aromatic carbocycles. The lowest BCUT2D eigenvalue weighted by Crippen LogP contribution is -2.07. The van der Waals surface area contributed by atoms with E-state index < -0.39 is 0 Å². The van der Waals surface area contributed by atoms with Gasteiger partial charge in [-0.2, -0.15) is 0 Å². The van der Waals surface area contributed by atoms with Crippen molar-refractivity contribution in [1.82, 2.24) is 0 Å². The molecule has 0 aliphatic carbocycles. The van der Waals surface area contributed by atoms with Crippen LogP contribution in [0.4, 0.5) is 10.1 Å². The fraction of sp³-hybridized carbons (Fsp3) is 0.111. The van der Waals surface area contributed by atoms with E-state index in [-0.39, 0.29) is 11.9 Å². The second-order valence-corrected chi connectivity index (χ2v) is 5.95. The van der Waals surface area contributed by atoms with Gasteiger partial charge in [0.05, 0.1) is 5.69 Å². The molecule has 0 aromatic heterocycles. The standard InChI is InChI=1S/C18H15BrFN/c1-12(21-18-11-16(20)8-9-17(18)19)14-7-6-13-4-2-3-5-15(13)10-14/h2-12,21H,1H3. The van der Waals surface area contributed by atoms with Gasteiger partial charge in [-0.15, -0.1) is 0 Å². The zero-order chi connectivity index (χ0) is 14.8. The number of benzene rings is 3. The molecule has 0 bridgehead atoms. The Labute approximate surface area is 131 Å². The van der Waals surface area contributed by atoms with E-state index in [1.54, 1.807) is 6.07 Å². The summed E-state index contributed by atoms with van der Waals surface area (Å²) in [6.45, 7) is 2.07. The first-order valence-electron chi connectivity index (χ1n) is 6.84. The van der Waals surface area contributed by atoms with Crippen LogP contribution in [-0.2, 0) is 0 Å². The van der Waals surface area contributed by atoms with Crippen LogP contribution < -0.4 is 5.32 Å². The lowest BCUT2D eigenvalue weighted by Gasteiger charge is -2.17. The van der Waals surface area contributed by atoms with Crippen LogP contribution >= 0.6 is 15.9 Å². The Balaban J connectivity index is 1.89. The quantitative estimate of drug-likeness (QED) is 0.622. The summed E-state index contributed by atoms with van der Waals surface area (Å²) in [5, 5.41) is 5.78. The molecule has 0 spiro atoms. The van der Waals surface area contributed by atoms with Gasteiger partial charge in [0.15, 0.2) is 0 Å². The van der Waals surface area contributed by atoms with Crippen LogP contribution in [0.5, 0.6) is 0 Å². The van der Waals surface area contributed by atoms with Crippen molar-refractivity contribution < 1.29 is 4.39 Å². The number of hydrogen-bond donors (Lipinski definition) is 1. The van der Waals surface area contributed by atoms with E-state index >= 15 is 0 Å². The SMILES string of the molecule is CC(Nc1cc(F)ccc1Br)c1ccc2ccccc2c1. The number of rotatable bonds is 3. The Morgan fingerprint density at radius 1 is 0.952 bits per heavy atom.